The van der Waals surface area contributed by atoms with Crippen molar-refractivity contribution in [1.29, 1.82) is 0 Å². The molecule has 0 atom stereocenters. The number of likely N-dealkylation sites (tertiary alicyclic amines) is 1. The van der Waals surface area contributed by atoms with E-state index in [4.69, 9.17) is 4.52 Å². The molecule has 1 aromatic carbocycles. The number of amides is 2. The summed E-state index contributed by atoms with van der Waals surface area (Å²) in [7, 11) is 0. The van der Waals surface area contributed by atoms with Crippen molar-refractivity contribution >= 4 is 17.7 Å². The summed E-state index contributed by atoms with van der Waals surface area (Å²) in [6.45, 7) is 11.1. The molecule has 2 amide bonds. The molecule has 0 saturated carbocycles. The van der Waals surface area contributed by atoms with E-state index in [0.29, 0.717) is 25.5 Å². The van der Waals surface area contributed by atoms with Gasteiger partial charge in [0.1, 0.15) is 0 Å². The van der Waals surface area contributed by atoms with Gasteiger partial charge in [-0.05, 0) is 36.1 Å². The molecule has 10 nitrogen and oxygen atoms in total. The van der Waals surface area contributed by atoms with Crippen molar-refractivity contribution in [3.63, 3.8) is 0 Å². The zero-order valence-corrected chi connectivity index (χ0v) is 21.6. The summed E-state index contributed by atoms with van der Waals surface area (Å²) < 4.78 is 5.22. The number of nitrogens with zero attached hydrogens (tertiary/aromatic N) is 5. The van der Waals surface area contributed by atoms with Crippen molar-refractivity contribution in [2.24, 2.45) is 5.41 Å². The smallest absolute Gasteiger partial charge is 0.407 e. The highest BCUT2D eigenvalue weighted by molar-refractivity contribution is 5.90. The van der Waals surface area contributed by atoms with Gasteiger partial charge in [0.15, 0.2) is 0 Å². The number of carbonyl (C=O) groups excluding carboxylic acids is 1. The second-order valence-corrected chi connectivity index (χ2v) is 11.2. The Kier molecular flexibility index (Phi) is 6.13. The number of anilines is 1. The number of carboxylic acid groups (broad SMARTS) is 1. The molecule has 2 aromatic heterocycles. The van der Waals surface area contributed by atoms with Crippen molar-refractivity contribution in [3.8, 4) is 11.1 Å². The lowest BCUT2D eigenvalue weighted by atomic mass is 9.79. The largest absolute Gasteiger partial charge is 0.465 e. The molecule has 5 rings (SSSR count). The van der Waals surface area contributed by atoms with Crippen molar-refractivity contribution < 1.29 is 19.2 Å². The van der Waals surface area contributed by atoms with E-state index in [0.717, 1.165) is 47.5 Å². The summed E-state index contributed by atoms with van der Waals surface area (Å²) >= 11 is 0. The molecule has 0 bridgehead atoms. The van der Waals surface area contributed by atoms with Gasteiger partial charge in [-0.1, -0.05) is 44.1 Å². The van der Waals surface area contributed by atoms with Crippen LogP contribution in [0.2, 0.25) is 0 Å². The Hall–Kier alpha value is -3.95. The molecule has 0 radical (unpaired) electrons. The van der Waals surface area contributed by atoms with Crippen molar-refractivity contribution in [1.82, 2.24) is 25.3 Å². The monoisotopic (exact) mass is 504 g/mol. The Bertz CT molecular complexity index is 1340. The molecule has 194 valence electrons. The number of hydrogen-bond acceptors (Lipinski definition) is 7. The number of rotatable bonds is 5. The van der Waals surface area contributed by atoms with E-state index < -0.39 is 6.09 Å². The van der Waals surface area contributed by atoms with Crippen LogP contribution in [0.4, 0.5) is 10.5 Å². The molecule has 4 heterocycles. The standard InChI is InChI=1S/C27H32N6O4/c1-17-11-18(5-6-19(17)12-29-23(34)22-30-24(37-31-22)26(2,3)4)20-7-9-28-13-21(20)32-10-8-27(14-32)15-33(16-27)25(35)36/h5-7,9,11,13H,8,10,12,14-16H2,1-4H3,(H,29,34)(H,35,36). The third-order valence-corrected chi connectivity index (χ3v) is 7.27. The third kappa shape index (κ3) is 4.87. The molecule has 2 N–H and O–H groups in total. The first-order valence-corrected chi connectivity index (χ1v) is 12.4. The second-order valence-electron chi connectivity index (χ2n) is 11.2. The molecule has 3 aromatic rings. The van der Waals surface area contributed by atoms with Gasteiger partial charge in [0.2, 0.25) is 5.89 Å². The van der Waals surface area contributed by atoms with Gasteiger partial charge in [0.25, 0.3) is 11.7 Å². The summed E-state index contributed by atoms with van der Waals surface area (Å²) in [6, 6.07) is 8.21. The molecule has 2 aliphatic rings. The van der Waals surface area contributed by atoms with E-state index in [-0.39, 0.29) is 22.6 Å². The Morgan fingerprint density at radius 3 is 2.65 bits per heavy atom. The van der Waals surface area contributed by atoms with Gasteiger partial charge >= 0.3 is 6.09 Å². The lowest BCUT2D eigenvalue weighted by Gasteiger charge is -2.46. The Labute approximate surface area is 215 Å². The highest BCUT2D eigenvalue weighted by Crippen LogP contribution is 2.43. The van der Waals surface area contributed by atoms with Crippen LogP contribution in [0.5, 0.6) is 0 Å². The molecule has 2 aliphatic heterocycles. The first kappa shape index (κ1) is 24.7. The maximum absolute atomic E-state index is 12.5. The van der Waals surface area contributed by atoms with Gasteiger partial charge in [-0.3, -0.25) is 9.78 Å². The summed E-state index contributed by atoms with van der Waals surface area (Å²) in [5, 5.41) is 15.9. The highest BCUT2D eigenvalue weighted by Gasteiger charge is 2.49. The zero-order valence-electron chi connectivity index (χ0n) is 21.6. The summed E-state index contributed by atoms with van der Waals surface area (Å²) in [5.74, 6) is 0.0771. The molecule has 0 unspecified atom stereocenters. The molecule has 10 heteroatoms. The maximum atomic E-state index is 12.5. The van der Waals surface area contributed by atoms with Gasteiger partial charge in [0.05, 0.1) is 11.9 Å². The van der Waals surface area contributed by atoms with Gasteiger partial charge in [-0.15, -0.1) is 0 Å². The minimum absolute atomic E-state index is 0.0296. The van der Waals surface area contributed by atoms with Crippen LogP contribution < -0.4 is 10.2 Å². The van der Waals surface area contributed by atoms with Crippen LogP contribution in [0.25, 0.3) is 11.1 Å². The first-order valence-electron chi connectivity index (χ1n) is 12.4. The number of aryl methyl sites for hydroxylation is 1. The fourth-order valence-corrected chi connectivity index (χ4v) is 5.12. The Balaban J connectivity index is 1.27. The van der Waals surface area contributed by atoms with E-state index in [2.05, 4.69) is 37.5 Å². The lowest BCUT2D eigenvalue weighted by molar-refractivity contribution is 0.0252. The zero-order chi connectivity index (χ0) is 26.4. The van der Waals surface area contributed by atoms with Crippen molar-refractivity contribution in [3.05, 3.63) is 59.5 Å². The lowest BCUT2D eigenvalue weighted by Crippen LogP contribution is -2.59. The summed E-state index contributed by atoms with van der Waals surface area (Å²) in [4.78, 5) is 36.2. The SMILES string of the molecule is Cc1cc(-c2ccncc2N2CCC3(CN(C(=O)O)C3)C2)ccc1CNC(=O)c1noc(C(C)(C)C)n1. The third-order valence-electron chi connectivity index (χ3n) is 7.27. The number of carbonyl (C=O) groups is 2. The Morgan fingerprint density at radius 1 is 1.19 bits per heavy atom. The molecule has 37 heavy (non-hydrogen) atoms. The van der Waals surface area contributed by atoms with Gasteiger partial charge in [-0.25, -0.2) is 4.79 Å². The molecule has 2 fully saturated rings. The number of hydrogen-bond donors (Lipinski definition) is 2. The van der Waals surface area contributed by atoms with Gasteiger partial charge < -0.3 is 24.7 Å². The van der Waals surface area contributed by atoms with Crippen LogP contribution in [0, 0.1) is 12.3 Å². The first-order chi connectivity index (χ1) is 17.5. The molecule has 1 spiro atoms. The van der Waals surface area contributed by atoms with E-state index in [1.807, 2.05) is 46.0 Å². The average Bonchev–Trinajstić information content (AvgIpc) is 3.50. The second kappa shape index (κ2) is 9.17. The molecular formula is C27H32N6O4. The minimum atomic E-state index is -0.843. The summed E-state index contributed by atoms with van der Waals surface area (Å²) in [5.41, 5.74) is 4.97. The van der Waals surface area contributed by atoms with Crippen LogP contribution in [0.15, 0.2) is 41.2 Å². The van der Waals surface area contributed by atoms with Crippen LogP contribution in [0.3, 0.4) is 0 Å². The van der Waals surface area contributed by atoms with E-state index >= 15 is 0 Å². The number of nitrogens with one attached hydrogen (secondary N) is 1. The minimum Gasteiger partial charge on any atom is -0.465 e. The fraction of sp³-hybridized carbons (Fsp3) is 0.444. The molecule has 2 saturated heterocycles. The number of aromatic nitrogens is 3. The van der Waals surface area contributed by atoms with Crippen molar-refractivity contribution in [2.75, 3.05) is 31.1 Å². The quantitative estimate of drug-likeness (QED) is 0.537. The number of pyridine rings is 1. The Morgan fingerprint density at radius 2 is 1.97 bits per heavy atom. The average molecular weight is 505 g/mol. The van der Waals surface area contributed by atoms with Crippen LogP contribution >= 0.6 is 0 Å². The predicted octanol–water partition coefficient (Wildman–Crippen LogP) is 3.86. The molecular weight excluding hydrogens is 472 g/mol. The fourth-order valence-electron chi connectivity index (χ4n) is 5.12. The predicted molar refractivity (Wildman–Crippen MR) is 137 cm³/mol. The topological polar surface area (TPSA) is 125 Å². The van der Waals surface area contributed by atoms with Crippen LogP contribution in [0.1, 0.15) is 54.8 Å². The number of benzene rings is 1. The molecule has 0 aliphatic carbocycles. The maximum Gasteiger partial charge on any atom is 0.407 e. The van der Waals surface area contributed by atoms with E-state index in [1.165, 1.54) is 4.90 Å². The normalized spacial score (nSPS) is 16.6. The van der Waals surface area contributed by atoms with E-state index in [9.17, 15) is 14.7 Å². The van der Waals surface area contributed by atoms with Gasteiger partial charge in [-0.2, -0.15) is 4.98 Å². The highest BCUT2D eigenvalue weighted by atomic mass is 16.5. The van der Waals surface area contributed by atoms with Crippen LogP contribution in [-0.2, 0) is 12.0 Å². The van der Waals surface area contributed by atoms with E-state index in [1.54, 1.807) is 6.20 Å². The summed E-state index contributed by atoms with van der Waals surface area (Å²) in [6.07, 6.45) is 3.81. The van der Waals surface area contributed by atoms with Crippen molar-refractivity contribution in [2.45, 2.75) is 46.1 Å². The van der Waals surface area contributed by atoms with Gasteiger partial charge in [0, 0.05) is 55.3 Å². The van der Waals surface area contributed by atoms with Crippen LogP contribution in [-0.4, -0.2) is 63.3 Å².